The number of halogens is 2. The monoisotopic (exact) mass is 492 g/mol. The smallest absolute Gasteiger partial charge is 0.335 e. The van der Waals surface area contributed by atoms with Crippen molar-refractivity contribution >= 4 is 41.2 Å². The number of nitrogens with zero attached hydrogens (tertiary/aromatic N) is 1. The molecule has 0 radical (unpaired) electrons. The Morgan fingerprint density at radius 3 is 2.49 bits per heavy atom. The van der Waals surface area contributed by atoms with Gasteiger partial charge in [0.1, 0.15) is 17.1 Å². The van der Waals surface area contributed by atoms with Crippen LogP contribution in [0.3, 0.4) is 0 Å². The number of carbonyl (C=O) groups is 3. The number of hydrogen-bond acceptors (Lipinski definition) is 4. The average Bonchev–Trinajstić information content (AvgIpc) is 2.80. The van der Waals surface area contributed by atoms with Crippen LogP contribution in [-0.4, -0.2) is 24.5 Å². The van der Waals surface area contributed by atoms with E-state index in [0.29, 0.717) is 46.2 Å². The number of ether oxygens (including phenoxy) is 1. The van der Waals surface area contributed by atoms with Crippen LogP contribution in [0.2, 0.25) is 5.02 Å². The first-order valence-electron chi connectivity index (χ1n) is 10.9. The number of rotatable bonds is 6. The van der Waals surface area contributed by atoms with Crippen LogP contribution in [-0.2, 0) is 16.0 Å². The van der Waals surface area contributed by atoms with Crippen LogP contribution in [0.4, 0.5) is 14.9 Å². The molecule has 3 aromatic carbocycles. The first-order chi connectivity index (χ1) is 16.8. The zero-order valence-electron chi connectivity index (χ0n) is 19.1. The van der Waals surface area contributed by atoms with Gasteiger partial charge in [0.2, 0.25) is 0 Å². The zero-order chi connectivity index (χ0) is 25.1. The van der Waals surface area contributed by atoms with Gasteiger partial charge in [-0.05, 0) is 67.4 Å². The number of amides is 4. The molecule has 35 heavy (non-hydrogen) atoms. The van der Waals surface area contributed by atoms with E-state index >= 15 is 0 Å². The van der Waals surface area contributed by atoms with Gasteiger partial charge in [0.05, 0.1) is 12.3 Å². The summed E-state index contributed by atoms with van der Waals surface area (Å²) in [4.78, 5) is 39.0. The van der Waals surface area contributed by atoms with Gasteiger partial charge in [-0.3, -0.25) is 14.9 Å². The summed E-state index contributed by atoms with van der Waals surface area (Å²) in [7, 11) is 0. The van der Waals surface area contributed by atoms with E-state index in [2.05, 4.69) is 5.32 Å². The third-order valence-corrected chi connectivity index (χ3v) is 5.79. The number of benzene rings is 3. The molecule has 0 aromatic heterocycles. The van der Waals surface area contributed by atoms with E-state index in [9.17, 15) is 18.8 Å². The number of hydrogen-bond donors (Lipinski definition) is 1. The van der Waals surface area contributed by atoms with Crippen molar-refractivity contribution in [1.82, 2.24) is 5.32 Å². The fraction of sp³-hybridized carbons (Fsp3) is 0.148. The first-order valence-corrected chi connectivity index (χ1v) is 11.3. The van der Waals surface area contributed by atoms with Crippen molar-refractivity contribution in [2.45, 2.75) is 20.3 Å². The zero-order valence-corrected chi connectivity index (χ0v) is 19.9. The molecule has 4 amide bonds. The van der Waals surface area contributed by atoms with Crippen LogP contribution in [0.15, 0.2) is 66.2 Å². The van der Waals surface area contributed by atoms with Gasteiger partial charge < -0.3 is 4.74 Å². The summed E-state index contributed by atoms with van der Waals surface area (Å²) >= 11 is 6.56. The first kappa shape index (κ1) is 24.2. The normalized spacial score (nSPS) is 14.9. The average molecular weight is 493 g/mol. The van der Waals surface area contributed by atoms with Gasteiger partial charge in [-0.1, -0.05) is 41.4 Å². The van der Waals surface area contributed by atoms with Crippen molar-refractivity contribution in [3.05, 3.63) is 99.3 Å². The van der Waals surface area contributed by atoms with Crippen molar-refractivity contribution < 1.29 is 23.5 Å². The Kier molecular flexibility index (Phi) is 6.98. The molecule has 8 heteroatoms. The quantitative estimate of drug-likeness (QED) is 0.367. The highest BCUT2D eigenvalue weighted by atomic mass is 35.5. The van der Waals surface area contributed by atoms with E-state index in [1.807, 2.05) is 13.8 Å². The molecule has 3 aromatic rings. The molecule has 1 heterocycles. The fourth-order valence-corrected chi connectivity index (χ4v) is 4.06. The van der Waals surface area contributed by atoms with Crippen LogP contribution >= 0.6 is 11.6 Å². The lowest BCUT2D eigenvalue weighted by atomic mass is 10.00. The predicted molar refractivity (Wildman–Crippen MR) is 132 cm³/mol. The summed E-state index contributed by atoms with van der Waals surface area (Å²) in [6.45, 7) is 4.05. The van der Waals surface area contributed by atoms with Gasteiger partial charge in [0.15, 0.2) is 0 Å². The minimum atomic E-state index is -0.820. The summed E-state index contributed by atoms with van der Waals surface area (Å²) in [5, 5.41) is 2.54. The molecule has 6 nitrogen and oxygen atoms in total. The van der Waals surface area contributed by atoms with Crippen LogP contribution in [0.1, 0.15) is 29.2 Å². The van der Waals surface area contributed by atoms with E-state index in [1.165, 1.54) is 18.2 Å². The van der Waals surface area contributed by atoms with Crippen molar-refractivity contribution in [1.29, 1.82) is 0 Å². The topological polar surface area (TPSA) is 75.7 Å². The van der Waals surface area contributed by atoms with Crippen LogP contribution in [0.25, 0.3) is 6.08 Å². The molecule has 1 aliphatic heterocycles. The molecule has 4 rings (SSSR count). The van der Waals surface area contributed by atoms with Gasteiger partial charge in [-0.25, -0.2) is 14.1 Å². The SMILES string of the molecule is CCOc1cc(/C=C2\C(=O)NC(=O)N(c3ccc(C)cc3)C2=O)cc(Cl)c1Cc1cccc(F)c1. The summed E-state index contributed by atoms with van der Waals surface area (Å²) in [5.74, 6) is -1.46. The van der Waals surface area contributed by atoms with Gasteiger partial charge in [-0.2, -0.15) is 0 Å². The Morgan fingerprint density at radius 2 is 1.80 bits per heavy atom. The van der Waals surface area contributed by atoms with Crippen LogP contribution < -0.4 is 15.0 Å². The summed E-state index contributed by atoms with van der Waals surface area (Å²) in [5.41, 5.74) is 2.89. The second kappa shape index (κ2) is 10.1. The standard InChI is InChI=1S/C27H22ClFN2O4/c1-3-35-24-15-18(14-23(28)21(24)12-17-5-4-6-19(29)11-17)13-22-25(32)30-27(34)31(26(22)33)20-9-7-16(2)8-10-20/h4-11,13-15H,3,12H2,1-2H3,(H,30,32,34)/b22-13+. The molecular weight excluding hydrogens is 471 g/mol. The number of barbiturate groups is 1. The highest BCUT2D eigenvalue weighted by Gasteiger charge is 2.36. The highest BCUT2D eigenvalue weighted by Crippen LogP contribution is 2.33. The summed E-state index contributed by atoms with van der Waals surface area (Å²) < 4.78 is 19.4. The summed E-state index contributed by atoms with van der Waals surface area (Å²) in [6.07, 6.45) is 1.70. The molecule has 1 saturated heterocycles. The molecule has 0 bridgehead atoms. The number of nitrogens with one attached hydrogen (secondary N) is 1. The maximum absolute atomic E-state index is 13.6. The Hall–Kier alpha value is -3.97. The highest BCUT2D eigenvalue weighted by molar-refractivity contribution is 6.39. The van der Waals surface area contributed by atoms with E-state index in [0.717, 1.165) is 10.5 Å². The largest absolute Gasteiger partial charge is 0.494 e. The van der Waals surface area contributed by atoms with E-state index in [1.54, 1.807) is 48.5 Å². The van der Waals surface area contributed by atoms with Crippen molar-refractivity contribution in [2.75, 3.05) is 11.5 Å². The molecule has 1 fully saturated rings. The van der Waals surface area contributed by atoms with Gasteiger partial charge in [-0.15, -0.1) is 0 Å². The minimum absolute atomic E-state index is 0.221. The molecular formula is C27H22ClFN2O4. The second-order valence-electron chi connectivity index (χ2n) is 8.01. The van der Waals surface area contributed by atoms with Crippen molar-refractivity contribution in [3.8, 4) is 5.75 Å². The van der Waals surface area contributed by atoms with Crippen molar-refractivity contribution in [2.24, 2.45) is 0 Å². The Labute approximate surface area is 207 Å². The minimum Gasteiger partial charge on any atom is -0.494 e. The number of carbonyl (C=O) groups excluding carboxylic acids is 3. The number of urea groups is 1. The van der Waals surface area contributed by atoms with Gasteiger partial charge in [0.25, 0.3) is 11.8 Å². The lowest BCUT2D eigenvalue weighted by Crippen LogP contribution is -2.54. The number of anilines is 1. The molecule has 1 aliphatic rings. The molecule has 1 N–H and O–H groups in total. The number of aryl methyl sites for hydroxylation is 1. The Morgan fingerprint density at radius 1 is 1.06 bits per heavy atom. The Bertz CT molecular complexity index is 1350. The molecule has 0 saturated carbocycles. The maximum Gasteiger partial charge on any atom is 0.335 e. The molecule has 178 valence electrons. The van der Waals surface area contributed by atoms with Crippen molar-refractivity contribution in [3.63, 3.8) is 0 Å². The number of imide groups is 2. The predicted octanol–water partition coefficient (Wildman–Crippen LogP) is 5.44. The lowest BCUT2D eigenvalue weighted by molar-refractivity contribution is -0.122. The third kappa shape index (κ3) is 5.25. The van der Waals surface area contributed by atoms with Gasteiger partial charge in [0, 0.05) is 17.0 Å². The third-order valence-electron chi connectivity index (χ3n) is 5.45. The molecule has 0 unspecified atom stereocenters. The Balaban J connectivity index is 1.71. The lowest BCUT2D eigenvalue weighted by Gasteiger charge is -2.26. The van der Waals surface area contributed by atoms with Gasteiger partial charge >= 0.3 is 6.03 Å². The molecule has 0 spiro atoms. The molecule has 0 aliphatic carbocycles. The summed E-state index contributed by atoms with van der Waals surface area (Å²) in [6, 6.07) is 15.4. The van der Waals surface area contributed by atoms with E-state index in [4.69, 9.17) is 16.3 Å². The second-order valence-corrected chi connectivity index (χ2v) is 8.42. The van der Waals surface area contributed by atoms with Crippen LogP contribution in [0.5, 0.6) is 5.75 Å². The fourth-order valence-electron chi connectivity index (χ4n) is 3.77. The van der Waals surface area contributed by atoms with E-state index < -0.39 is 17.8 Å². The molecule has 0 atom stereocenters. The maximum atomic E-state index is 13.6. The van der Waals surface area contributed by atoms with E-state index in [-0.39, 0.29) is 11.4 Å². The van der Waals surface area contributed by atoms with Crippen LogP contribution in [0, 0.1) is 12.7 Å².